The molecule has 0 radical (unpaired) electrons. The van der Waals surface area contributed by atoms with Gasteiger partial charge in [0.15, 0.2) is 11.0 Å². The number of pyridine rings is 1. The van der Waals surface area contributed by atoms with Crippen molar-refractivity contribution in [3.8, 4) is 10.7 Å². The Morgan fingerprint density at radius 2 is 2.00 bits per heavy atom. The van der Waals surface area contributed by atoms with E-state index in [1.54, 1.807) is 12.3 Å². The van der Waals surface area contributed by atoms with E-state index in [4.69, 9.17) is 0 Å². The van der Waals surface area contributed by atoms with Gasteiger partial charge in [-0.2, -0.15) is 0 Å². The molecule has 0 bridgehead atoms. The predicted octanol–water partition coefficient (Wildman–Crippen LogP) is 3.96. The van der Waals surface area contributed by atoms with Crippen molar-refractivity contribution in [2.24, 2.45) is 7.05 Å². The number of imidazole rings is 1. The van der Waals surface area contributed by atoms with Gasteiger partial charge in [0.1, 0.15) is 0 Å². The first-order valence-corrected chi connectivity index (χ1v) is 8.97. The lowest BCUT2D eigenvalue weighted by molar-refractivity contribution is 0.102. The smallest absolute Gasteiger partial charge is 0.258 e. The van der Waals surface area contributed by atoms with E-state index in [1.165, 1.54) is 11.3 Å². The van der Waals surface area contributed by atoms with Crippen LogP contribution in [0.4, 0.5) is 5.13 Å². The van der Waals surface area contributed by atoms with E-state index in [1.807, 2.05) is 55.9 Å². The molecular formula is C19H17N5OS. The van der Waals surface area contributed by atoms with Crippen molar-refractivity contribution in [1.82, 2.24) is 19.5 Å². The maximum atomic E-state index is 12.9. The summed E-state index contributed by atoms with van der Waals surface area (Å²) >= 11 is 1.42. The average Bonchev–Trinajstić information content (AvgIpc) is 3.19. The second-order valence-corrected chi connectivity index (χ2v) is 7.08. The van der Waals surface area contributed by atoms with Crippen molar-refractivity contribution in [3.05, 3.63) is 59.7 Å². The number of hydrogen-bond donors (Lipinski definition) is 1. The maximum absolute atomic E-state index is 12.9. The number of carbonyl (C=O) groups is 1. The molecule has 130 valence electrons. The topological polar surface area (TPSA) is 72.7 Å². The van der Waals surface area contributed by atoms with Crippen LogP contribution in [0.25, 0.3) is 21.6 Å². The molecule has 0 fully saturated rings. The summed E-state index contributed by atoms with van der Waals surface area (Å²) in [6.07, 6.45) is 3.64. The fourth-order valence-electron chi connectivity index (χ4n) is 2.90. The van der Waals surface area contributed by atoms with Crippen LogP contribution in [-0.4, -0.2) is 25.4 Å². The van der Waals surface area contributed by atoms with Gasteiger partial charge in [-0.15, -0.1) is 0 Å². The first-order chi connectivity index (χ1) is 12.5. The Hall–Kier alpha value is -3.06. The number of carbonyl (C=O) groups excluding carboxylic acids is 1. The number of aryl methyl sites for hydroxylation is 3. The molecule has 6 nitrogen and oxygen atoms in total. The molecule has 0 spiro atoms. The van der Waals surface area contributed by atoms with Crippen molar-refractivity contribution in [2.75, 3.05) is 5.32 Å². The molecule has 0 aliphatic heterocycles. The van der Waals surface area contributed by atoms with Crippen LogP contribution in [0.15, 0.2) is 42.7 Å². The van der Waals surface area contributed by atoms with Crippen LogP contribution < -0.4 is 5.32 Å². The number of anilines is 1. The van der Waals surface area contributed by atoms with Crippen LogP contribution in [0, 0.1) is 13.8 Å². The normalized spacial score (nSPS) is 11.0. The zero-order valence-electron chi connectivity index (χ0n) is 14.6. The Morgan fingerprint density at radius 1 is 1.19 bits per heavy atom. The number of rotatable bonds is 3. The van der Waals surface area contributed by atoms with E-state index < -0.39 is 0 Å². The van der Waals surface area contributed by atoms with Gasteiger partial charge in [0, 0.05) is 30.5 Å². The first kappa shape index (κ1) is 16.4. The molecule has 0 saturated carbocycles. The van der Waals surface area contributed by atoms with Gasteiger partial charge in [-0.05, 0) is 26.0 Å². The van der Waals surface area contributed by atoms with Gasteiger partial charge in [-0.1, -0.05) is 29.5 Å². The van der Waals surface area contributed by atoms with Gasteiger partial charge in [0.25, 0.3) is 5.91 Å². The number of hydrogen-bond acceptors (Lipinski definition) is 5. The van der Waals surface area contributed by atoms with Crippen LogP contribution in [-0.2, 0) is 7.05 Å². The van der Waals surface area contributed by atoms with E-state index >= 15 is 0 Å². The summed E-state index contributed by atoms with van der Waals surface area (Å²) in [4.78, 5) is 27.1. The summed E-state index contributed by atoms with van der Waals surface area (Å²) in [5.41, 5.74) is 3.05. The number of aromatic nitrogens is 4. The molecule has 3 heterocycles. The Morgan fingerprint density at radius 3 is 2.77 bits per heavy atom. The lowest BCUT2D eigenvalue weighted by Gasteiger charge is -2.07. The van der Waals surface area contributed by atoms with Crippen molar-refractivity contribution >= 4 is 33.3 Å². The molecule has 3 aromatic heterocycles. The number of nitrogens with one attached hydrogen (secondary N) is 1. The van der Waals surface area contributed by atoms with Gasteiger partial charge in [-0.25, -0.2) is 9.97 Å². The van der Waals surface area contributed by atoms with Crippen LogP contribution >= 0.6 is 11.3 Å². The van der Waals surface area contributed by atoms with Gasteiger partial charge < -0.3 is 4.57 Å². The number of thiazole rings is 1. The summed E-state index contributed by atoms with van der Waals surface area (Å²) in [5.74, 6) is 0.651. The molecule has 0 aliphatic carbocycles. The summed E-state index contributed by atoms with van der Waals surface area (Å²) < 4.78 is 1.94. The van der Waals surface area contributed by atoms with E-state index in [9.17, 15) is 4.79 Å². The molecule has 7 heteroatoms. The number of fused-ring (bicyclic) bond motifs is 1. The Kier molecular flexibility index (Phi) is 4.00. The van der Waals surface area contributed by atoms with E-state index in [0.29, 0.717) is 10.7 Å². The predicted molar refractivity (Wildman–Crippen MR) is 103 cm³/mol. The third-order valence-electron chi connectivity index (χ3n) is 4.13. The zero-order valence-corrected chi connectivity index (χ0v) is 15.5. The van der Waals surface area contributed by atoms with Gasteiger partial charge >= 0.3 is 0 Å². The molecule has 4 rings (SSSR count). The van der Waals surface area contributed by atoms with Crippen molar-refractivity contribution < 1.29 is 4.79 Å². The largest absolute Gasteiger partial charge is 0.333 e. The second kappa shape index (κ2) is 6.34. The quantitative estimate of drug-likeness (QED) is 0.598. The third kappa shape index (κ3) is 2.86. The van der Waals surface area contributed by atoms with E-state index in [0.717, 1.165) is 33.0 Å². The maximum Gasteiger partial charge on any atom is 0.258 e. The van der Waals surface area contributed by atoms with Crippen LogP contribution in [0.3, 0.4) is 0 Å². The van der Waals surface area contributed by atoms with Crippen molar-refractivity contribution in [1.29, 1.82) is 0 Å². The average molecular weight is 363 g/mol. The highest BCUT2D eigenvalue weighted by Crippen LogP contribution is 2.32. The molecule has 1 N–H and O–H groups in total. The summed E-state index contributed by atoms with van der Waals surface area (Å²) in [6.45, 7) is 3.80. The molecule has 1 aromatic carbocycles. The fraction of sp³-hybridized carbons (Fsp3) is 0.158. The van der Waals surface area contributed by atoms with E-state index in [2.05, 4.69) is 20.3 Å². The molecular weight excluding hydrogens is 346 g/mol. The summed E-state index contributed by atoms with van der Waals surface area (Å²) in [7, 11) is 1.94. The van der Waals surface area contributed by atoms with Crippen LogP contribution in [0.5, 0.6) is 0 Å². The minimum absolute atomic E-state index is 0.188. The highest BCUT2D eigenvalue weighted by atomic mass is 32.1. The molecule has 0 atom stereocenters. The minimum atomic E-state index is -0.188. The molecule has 0 unspecified atom stereocenters. The lowest BCUT2D eigenvalue weighted by atomic mass is 10.1. The number of benzene rings is 1. The summed E-state index contributed by atoms with van der Waals surface area (Å²) in [5, 5.41) is 4.31. The van der Waals surface area contributed by atoms with Gasteiger partial charge in [0.2, 0.25) is 0 Å². The lowest BCUT2D eigenvalue weighted by Crippen LogP contribution is -2.13. The molecule has 26 heavy (non-hydrogen) atoms. The Balaban J connectivity index is 1.69. The van der Waals surface area contributed by atoms with Crippen LogP contribution in [0.1, 0.15) is 21.7 Å². The second-order valence-electron chi connectivity index (χ2n) is 6.08. The van der Waals surface area contributed by atoms with Gasteiger partial charge in [0.05, 0.1) is 21.7 Å². The SMILES string of the molecule is Cc1cc(C(=O)Nc2nc(C)c(-c3nccn3C)s2)c2ccccc2n1. The monoisotopic (exact) mass is 363 g/mol. The number of amides is 1. The zero-order chi connectivity index (χ0) is 18.3. The number of nitrogens with zero attached hydrogens (tertiary/aromatic N) is 4. The van der Waals surface area contributed by atoms with E-state index in [-0.39, 0.29) is 5.91 Å². The molecule has 4 aromatic rings. The Bertz CT molecular complexity index is 1130. The number of para-hydroxylation sites is 1. The van der Waals surface area contributed by atoms with Gasteiger partial charge in [-0.3, -0.25) is 15.1 Å². The molecule has 0 aliphatic rings. The molecule has 0 saturated heterocycles. The highest BCUT2D eigenvalue weighted by molar-refractivity contribution is 7.19. The van der Waals surface area contributed by atoms with Crippen molar-refractivity contribution in [3.63, 3.8) is 0 Å². The van der Waals surface area contributed by atoms with Crippen molar-refractivity contribution in [2.45, 2.75) is 13.8 Å². The highest BCUT2D eigenvalue weighted by Gasteiger charge is 2.17. The minimum Gasteiger partial charge on any atom is -0.333 e. The fourth-order valence-corrected chi connectivity index (χ4v) is 3.90. The van der Waals surface area contributed by atoms with Crippen LogP contribution in [0.2, 0.25) is 0 Å². The third-order valence-corrected chi connectivity index (χ3v) is 5.20. The molecule has 1 amide bonds. The standard InChI is InChI=1S/C19H17N5OS/c1-11-10-14(13-6-4-5-7-15(13)21-11)18(25)23-19-22-12(2)16(26-19)17-20-8-9-24(17)3/h4-10H,1-3H3,(H,22,23,25). The summed E-state index contributed by atoms with van der Waals surface area (Å²) in [6, 6.07) is 9.44. The Labute approximate surface area is 154 Å². The first-order valence-electron chi connectivity index (χ1n) is 8.16.